The van der Waals surface area contributed by atoms with E-state index in [2.05, 4.69) is 15.6 Å². The molecule has 12 nitrogen and oxygen atoms in total. The molecule has 0 saturated heterocycles. The first-order valence-electron chi connectivity index (χ1n) is 13.1. The number of aromatic nitrogens is 2. The van der Waals surface area contributed by atoms with Crippen molar-refractivity contribution in [2.75, 3.05) is 0 Å². The Balaban J connectivity index is 1.69. The number of hydrogen-bond donors (Lipinski definition) is 4. The van der Waals surface area contributed by atoms with Crippen molar-refractivity contribution in [3.63, 3.8) is 0 Å². The van der Waals surface area contributed by atoms with Crippen molar-refractivity contribution < 1.29 is 23.5 Å². The quantitative estimate of drug-likeness (QED) is 0.0696. The van der Waals surface area contributed by atoms with Gasteiger partial charge < -0.3 is 29.0 Å². The molecule has 12 heteroatoms. The number of esters is 1. The van der Waals surface area contributed by atoms with Gasteiger partial charge in [0.05, 0.1) is 0 Å². The van der Waals surface area contributed by atoms with Gasteiger partial charge in [0.1, 0.15) is 17.1 Å². The second kappa shape index (κ2) is 12.2. The van der Waals surface area contributed by atoms with Crippen LogP contribution < -0.4 is 22.9 Å². The number of nitrogens with two attached hydrogens (primary N) is 2. The van der Waals surface area contributed by atoms with E-state index in [1.165, 1.54) is 6.92 Å². The number of imidazole rings is 1. The van der Waals surface area contributed by atoms with Crippen molar-refractivity contribution >= 4 is 11.8 Å². The minimum atomic E-state index is -1.42. The molecule has 0 fully saturated rings. The normalized spacial score (nSPS) is 12.0. The molecule has 0 saturated carbocycles. The van der Waals surface area contributed by atoms with Crippen molar-refractivity contribution in [2.45, 2.75) is 59.3 Å². The monoisotopic (exact) mass is 562 g/mol. The molecule has 216 valence electrons. The summed E-state index contributed by atoms with van der Waals surface area (Å²) < 4.78 is 17.1. The molecule has 0 aliphatic rings. The molecule has 0 aliphatic carbocycles. The van der Waals surface area contributed by atoms with E-state index in [4.69, 9.17) is 25.1 Å². The average Bonchev–Trinajstić information content (AvgIpc) is 3.46. The fraction of sp³-hybridized carbons (Fsp3) is 0.310. The Morgan fingerprint density at radius 3 is 2.49 bits per heavy atom. The van der Waals surface area contributed by atoms with Gasteiger partial charge in [-0.05, 0) is 43.9 Å². The van der Waals surface area contributed by atoms with Crippen LogP contribution in [0.25, 0.3) is 11.1 Å². The zero-order chi connectivity index (χ0) is 29.7. The standard InChI is InChI=1S/C29H34N6O6/c1-5-8-23-32-25(29(3,4)38)24(27(36)39-16-22-17(2)40-28(37)41-22)35(23)15-18-11-13-19(14-12-18)20-9-6-7-10-21(20)26(30)33-34-31/h6-7,9-14,34,38H,5,8,15-16,31H2,1-4H3,(H2,30,33). The highest BCUT2D eigenvalue weighted by molar-refractivity contribution is 6.03. The fourth-order valence-corrected chi connectivity index (χ4v) is 4.48. The van der Waals surface area contributed by atoms with Crippen LogP contribution in [-0.4, -0.2) is 26.5 Å². The van der Waals surface area contributed by atoms with Gasteiger partial charge in [-0.3, -0.25) is 0 Å². The molecule has 41 heavy (non-hydrogen) atoms. The van der Waals surface area contributed by atoms with Gasteiger partial charge in [-0.1, -0.05) is 55.5 Å². The van der Waals surface area contributed by atoms with Crippen LogP contribution in [0.15, 0.2) is 67.3 Å². The lowest BCUT2D eigenvalue weighted by Gasteiger charge is -2.18. The highest BCUT2D eigenvalue weighted by atomic mass is 16.6. The Labute approximate surface area is 236 Å². The van der Waals surface area contributed by atoms with E-state index >= 15 is 0 Å². The molecule has 0 spiro atoms. The van der Waals surface area contributed by atoms with Crippen LogP contribution in [0, 0.1) is 6.92 Å². The fourth-order valence-electron chi connectivity index (χ4n) is 4.48. The maximum absolute atomic E-state index is 13.4. The maximum atomic E-state index is 13.4. The SMILES string of the molecule is CCCc1nc(C(C)(C)O)c(C(=O)OCc2oc(=O)oc2C)n1Cc1ccc(-c2ccccc2C(N)=NNN)cc1. The number of nitrogens with zero attached hydrogens (tertiary/aromatic N) is 3. The van der Waals surface area contributed by atoms with Crippen molar-refractivity contribution in [2.24, 2.45) is 16.7 Å². The number of hydrogen-bond acceptors (Lipinski definition) is 10. The van der Waals surface area contributed by atoms with Gasteiger partial charge >= 0.3 is 11.8 Å². The second-order valence-corrected chi connectivity index (χ2v) is 10.00. The van der Waals surface area contributed by atoms with Gasteiger partial charge in [0.2, 0.25) is 0 Å². The molecule has 0 atom stereocenters. The summed E-state index contributed by atoms with van der Waals surface area (Å²) in [6, 6.07) is 15.4. The second-order valence-electron chi connectivity index (χ2n) is 10.00. The van der Waals surface area contributed by atoms with Crippen LogP contribution in [0.3, 0.4) is 0 Å². The summed E-state index contributed by atoms with van der Waals surface area (Å²) in [5, 5.41) is 14.8. The van der Waals surface area contributed by atoms with Gasteiger partial charge in [-0.2, -0.15) is 0 Å². The van der Waals surface area contributed by atoms with Crippen molar-refractivity contribution in [1.82, 2.24) is 15.1 Å². The van der Waals surface area contributed by atoms with Gasteiger partial charge in [0.15, 0.2) is 29.7 Å². The van der Waals surface area contributed by atoms with Crippen LogP contribution in [0.5, 0.6) is 0 Å². The Morgan fingerprint density at radius 2 is 1.88 bits per heavy atom. The number of aliphatic hydroxyl groups is 1. The first-order chi connectivity index (χ1) is 19.5. The summed E-state index contributed by atoms with van der Waals surface area (Å²) in [7, 11) is 0. The molecule has 0 unspecified atom stereocenters. The minimum absolute atomic E-state index is 0.108. The first kappa shape index (κ1) is 29.3. The lowest BCUT2D eigenvalue weighted by atomic mass is 9.98. The molecule has 0 bridgehead atoms. The summed E-state index contributed by atoms with van der Waals surface area (Å²) in [6.45, 7) is 6.66. The zero-order valence-corrected chi connectivity index (χ0v) is 23.4. The highest BCUT2D eigenvalue weighted by Gasteiger charge is 2.33. The van der Waals surface area contributed by atoms with Gasteiger partial charge in [0, 0.05) is 18.5 Å². The van der Waals surface area contributed by atoms with E-state index in [1.807, 2.05) is 55.5 Å². The van der Waals surface area contributed by atoms with Gasteiger partial charge in [0.25, 0.3) is 0 Å². The Morgan fingerprint density at radius 1 is 1.17 bits per heavy atom. The predicted octanol–water partition coefficient (Wildman–Crippen LogP) is 3.07. The molecule has 2 heterocycles. The lowest BCUT2D eigenvalue weighted by molar-refractivity contribution is 0.0395. The van der Waals surface area contributed by atoms with Crippen LogP contribution >= 0.6 is 0 Å². The van der Waals surface area contributed by atoms with Gasteiger partial charge in [-0.25, -0.2) is 26.0 Å². The predicted molar refractivity (Wildman–Crippen MR) is 152 cm³/mol. The summed E-state index contributed by atoms with van der Waals surface area (Å²) in [4.78, 5) is 29.5. The van der Waals surface area contributed by atoms with E-state index in [9.17, 15) is 14.7 Å². The lowest BCUT2D eigenvalue weighted by Crippen LogP contribution is -2.23. The molecule has 0 radical (unpaired) electrons. The first-order valence-corrected chi connectivity index (χ1v) is 13.1. The van der Waals surface area contributed by atoms with E-state index in [0.29, 0.717) is 18.8 Å². The Hall–Kier alpha value is -4.68. The number of amidine groups is 1. The third-order valence-electron chi connectivity index (χ3n) is 6.46. The molecule has 2 aromatic carbocycles. The molecule has 0 aliphatic heterocycles. The summed E-state index contributed by atoms with van der Waals surface area (Å²) in [6.07, 6.45) is 1.35. The van der Waals surface area contributed by atoms with Gasteiger partial charge in [-0.15, -0.1) is 5.10 Å². The molecular formula is C29H34N6O6. The Bertz CT molecular complexity index is 1610. The zero-order valence-electron chi connectivity index (χ0n) is 23.4. The average molecular weight is 563 g/mol. The molecule has 2 aromatic heterocycles. The molecule has 6 N–H and O–H groups in total. The van der Waals surface area contributed by atoms with Crippen molar-refractivity contribution in [3.05, 3.63) is 99.0 Å². The number of ether oxygens (including phenoxy) is 1. The van der Waals surface area contributed by atoms with Crippen LogP contribution in [0.4, 0.5) is 0 Å². The molecule has 0 amide bonds. The van der Waals surface area contributed by atoms with Crippen LogP contribution in [-0.2, 0) is 29.9 Å². The third-order valence-corrected chi connectivity index (χ3v) is 6.46. The number of hydrazone groups is 1. The van der Waals surface area contributed by atoms with E-state index < -0.39 is 17.4 Å². The van der Waals surface area contributed by atoms with E-state index in [0.717, 1.165) is 28.7 Å². The van der Waals surface area contributed by atoms with Crippen molar-refractivity contribution in [1.29, 1.82) is 0 Å². The third kappa shape index (κ3) is 6.56. The number of carbonyl (C=O) groups excluding carboxylic acids is 1. The summed E-state index contributed by atoms with van der Waals surface area (Å²) in [5.74, 6) is 4.93. The summed E-state index contributed by atoms with van der Waals surface area (Å²) >= 11 is 0. The molecule has 4 rings (SSSR count). The number of rotatable bonds is 11. The molecular weight excluding hydrogens is 528 g/mol. The maximum Gasteiger partial charge on any atom is 0.519 e. The number of carbonyl (C=O) groups is 1. The number of hydrazine groups is 1. The minimum Gasteiger partial charge on any atom is -0.453 e. The smallest absolute Gasteiger partial charge is 0.453 e. The number of aryl methyl sites for hydroxylation is 2. The highest BCUT2D eigenvalue weighted by Crippen LogP contribution is 2.28. The number of benzene rings is 2. The summed E-state index contributed by atoms with van der Waals surface area (Å²) in [5.41, 5.74) is 10.6. The van der Waals surface area contributed by atoms with E-state index in [-0.39, 0.29) is 35.4 Å². The Kier molecular flexibility index (Phi) is 8.74. The largest absolute Gasteiger partial charge is 0.519 e. The van der Waals surface area contributed by atoms with Crippen LogP contribution in [0.2, 0.25) is 0 Å². The van der Waals surface area contributed by atoms with Crippen molar-refractivity contribution in [3.8, 4) is 11.1 Å². The molecule has 4 aromatic rings. The van der Waals surface area contributed by atoms with E-state index in [1.54, 1.807) is 18.4 Å². The number of nitrogens with one attached hydrogen (secondary N) is 1. The van der Waals surface area contributed by atoms with Crippen LogP contribution in [0.1, 0.15) is 71.8 Å². The topological polar surface area (TPSA) is 184 Å².